The molecule has 4 rings (SSSR count). The van der Waals surface area contributed by atoms with Gasteiger partial charge in [-0.05, 0) is 29.3 Å². The minimum atomic E-state index is -2.82. The van der Waals surface area contributed by atoms with Crippen molar-refractivity contribution in [3.63, 3.8) is 0 Å². The molecule has 14 nitrogen and oxygen atoms in total. The summed E-state index contributed by atoms with van der Waals surface area (Å²) in [5.74, 6) is -4.49. The first kappa shape index (κ1) is 26.2. The van der Waals surface area contributed by atoms with E-state index in [1.807, 2.05) is 0 Å². The number of aromatic nitrogens is 4. The number of amides is 1. The van der Waals surface area contributed by atoms with E-state index < -0.39 is 61.1 Å². The number of benzene rings is 1. The van der Waals surface area contributed by atoms with Gasteiger partial charge in [0, 0.05) is 12.0 Å². The third-order valence-electron chi connectivity index (χ3n) is 5.87. The summed E-state index contributed by atoms with van der Waals surface area (Å²) in [5, 5.41) is 29.7. The number of aliphatic carboxylic acids is 2. The largest absolute Gasteiger partial charge is 0.479 e. The molecular weight excluding hydrogens is 519 g/mol. The number of halogens is 2. The highest BCUT2D eigenvalue weighted by Crippen LogP contribution is 2.35. The van der Waals surface area contributed by atoms with E-state index in [4.69, 9.17) is 32.5 Å². The predicted molar refractivity (Wildman–Crippen MR) is 122 cm³/mol. The highest BCUT2D eigenvalue weighted by Gasteiger charge is 2.52. The fourth-order valence-corrected chi connectivity index (χ4v) is 4.05. The number of hydrogen-bond donors (Lipinski definition) is 5. The molecule has 0 bridgehead atoms. The molecule has 2 aromatic heterocycles. The highest BCUT2D eigenvalue weighted by molar-refractivity contribution is 6.28. The number of carboxylic acid groups (broad SMARTS) is 2. The first-order chi connectivity index (χ1) is 17.4. The lowest BCUT2D eigenvalue weighted by atomic mass is 9.93. The Hall–Kier alpha value is -3.92. The molecule has 3 aromatic rings. The summed E-state index contributed by atoms with van der Waals surface area (Å²) in [4.78, 5) is 47.0. The van der Waals surface area contributed by atoms with Crippen molar-refractivity contribution in [2.24, 2.45) is 5.73 Å². The van der Waals surface area contributed by atoms with Crippen LogP contribution in [0.1, 0.15) is 22.1 Å². The van der Waals surface area contributed by atoms with E-state index in [0.717, 1.165) is 10.9 Å². The molecule has 0 aliphatic carbocycles. The van der Waals surface area contributed by atoms with Gasteiger partial charge in [-0.15, -0.1) is 0 Å². The Morgan fingerprint density at radius 2 is 1.84 bits per heavy atom. The van der Waals surface area contributed by atoms with Crippen LogP contribution >= 0.6 is 11.6 Å². The predicted octanol–water partition coefficient (Wildman–Crippen LogP) is -0.0755. The first-order valence-electron chi connectivity index (χ1n) is 10.6. The Kier molecular flexibility index (Phi) is 6.96. The van der Waals surface area contributed by atoms with Crippen LogP contribution in [0.3, 0.4) is 0 Å². The van der Waals surface area contributed by atoms with Gasteiger partial charge in [-0.1, -0.05) is 12.1 Å². The third-order valence-corrected chi connectivity index (χ3v) is 6.03. The van der Waals surface area contributed by atoms with Gasteiger partial charge >= 0.3 is 11.9 Å². The number of nitrogens with two attached hydrogens (primary N) is 2. The minimum Gasteiger partial charge on any atom is -0.479 e. The zero-order valence-corrected chi connectivity index (χ0v) is 19.4. The van der Waals surface area contributed by atoms with Crippen LogP contribution in [0.2, 0.25) is 5.28 Å². The van der Waals surface area contributed by atoms with Crippen molar-refractivity contribution >= 4 is 46.4 Å². The quantitative estimate of drug-likeness (QED) is 0.178. The molecule has 1 aromatic carbocycles. The fourth-order valence-electron chi connectivity index (χ4n) is 3.88. The molecule has 7 N–H and O–H groups in total. The van der Waals surface area contributed by atoms with Gasteiger partial charge in [-0.3, -0.25) is 9.36 Å². The molecule has 196 valence electrons. The van der Waals surface area contributed by atoms with Gasteiger partial charge in [-0.25, -0.2) is 19.0 Å². The van der Waals surface area contributed by atoms with Gasteiger partial charge < -0.3 is 36.3 Å². The number of aliphatic hydroxyl groups is 1. The van der Waals surface area contributed by atoms with Crippen LogP contribution in [0.5, 0.6) is 0 Å². The smallest absolute Gasteiger partial charge is 0.348 e. The van der Waals surface area contributed by atoms with Gasteiger partial charge in [0.15, 0.2) is 23.9 Å². The Labute approximate surface area is 211 Å². The molecule has 37 heavy (non-hydrogen) atoms. The number of aliphatic hydroxyl groups excluding tert-OH is 1. The summed E-state index contributed by atoms with van der Waals surface area (Å²) in [6.45, 7) is -0.805. The number of ether oxygens (including phenoxy) is 2. The second-order valence-corrected chi connectivity index (χ2v) is 8.53. The van der Waals surface area contributed by atoms with Crippen molar-refractivity contribution in [3.8, 4) is 0 Å². The summed E-state index contributed by atoms with van der Waals surface area (Å²) in [6, 6.07) is 5.24. The van der Waals surface area contributed by atoms with Crippen LogP contribution in [-0.4, -0.2) is 83.3 Å². The number of anilines is 1. The Bertz CT molecular complexity index is 1360. The Balaban J connectivity index is 1.56. The van der Waals surface area contributed by atoms with Gasteiger partial charge in [0.2, 0.25) is 11.2 Å². The van der Waals surface area contributed by atoms with E-state index in [2.05, 4.69) is 15.0 Å². The average molecular weight is 539 g/mol. The number of alkyl halides is 1. The lowest BCUT2D eigenvalue weighted by Gasteiger charge is -2.27. The summed E-state index contributed by atoms with van der Waals surface area (Å²) < 4.78 is 27.0. The van der Waals surface area contributed by atoms with Crippen molar-refractivity contribution in [2.45, 2.75) is 36.6 Å². The van der Waals surface area contributed by atoms with E-state index in [1.165, 1.54) is 24.3 Å². The molecule has 3 heterocycles. The fraction of sp³-hybridized carbons (Fsp3) is 0.333. The molecule has 1 saturated heterocycles. The number of carbonyl (C=O) groups excluding carboxylic acids is 1. The zero-order valence-electron chi connectivity index (χ0n) is 18.7. The van der Waals surface area contributed by atoms with Crippen molar-refractivity contribution in [1.82, 2.24) is 19.5 Å². The number of rotatable bonds is 9. The summed E-state index contributed by atoms with van der Waals surface area (Å²) >= 11 is 5.82. The summed E-state index contributed by atoms with van der Waals surface area (Å²) in [7, 11) is 0. The number of carbonyl (C=O) groups is 3. The highest BCUT2D eigenvalue weighted by atomic mass is 35.5. The molecule has 4 atom stereocenters. The van der Waals surface area contributed by atoms with Crippen LogP contribution in [0.25, 0.3) is 11.2 Å². The molecule has 16 heteroatoms. The molecule has 0 radical (unpaired) electrons. The number of primary amides is 1. The van der Waals surface area contributed by atoms with Crippen LogP contribution in [0, 0.1) is 0 Å². The van der Waals surface area contributed by atoms with Crippen LogP contribution in [0.4, 0.5) is 10.2 Å². The maximum absolute atomic E-state index is 15.1. The average Bonchev–Trinajstić information content (AvgIpc) is 3.37. The number of nitrogens with zero attached hydrogens (tertiary/aromatic N) is 4. The normalized spacial score (nSPS) is 21.8. The van der Waals surface area contributed by atoms with Crippen molar-refractivity contribution in [1.29, 1.82) is 0 Å². The van der Waals surface area contributed by atoms with Crippen molar-refractivity contribution in [2.75, 3.05) is 12.3 Å². The molecule has 0 saturated carbocycles. The molecule has 0 unspecified atom stereocenters. The maximum atomic E-state index is 15.1. The molecular formula is C21H20ClFN6O8. The van der Waals surface area contributed by atoms with Gasteiger partial charge in [0.25, 0.3) is 5.60 Å². The van der Waals surface area contributed by atoms with E-state index in [9.17, 15) is 29.7 Å². The Morgan fingerprint density at radius 3 is 2.43 bits per heavy atom. The minimum absolute atomic E-state index is 0.0174. The molecule has 1 amide bonds. The Morgan fingerprint density at radius 1 is 1.19 bits per heavy atom. The van der Waals surface area contributed by atoms with Crippen LogP contribution in [0.15, 0.2) is 30.6 Å². The zero-order chi connectivity index (χ0) is 27.1. The lowest BCUT2D eigenvalue weighted by Crippen LogP contribution is -2.52. The number of imidazole rings is 1. The SMILES string of the molecule is NC(=O)c1ccc(CC(OC[C@H]2O[C@@H](n3cnc4c(N)nc(Cl)nc43)[C@@H](F)[C@@H]2O)(C(=O)O)C(=O)O)cc1. The maximum Gasteiger partial charge on any atom is 0.348 e. The lowest BCUT2D eigenvalue weighted by molar-refractivity contribution is -0.190. The number of hydrogen-bond acceptors (Lipinski definition) is 10. The number of fused-ring (bicyclic) bond motifs is 1. The monoisotopic (exact) mass is 538 g/mol. The molecule has 0 spiro atoms. The second-order valence-electron chi connectivity index (χ2n) is 8.19. The van der Waals surface area contributed by atoms with E-state index >= 15 is 4.39 Å². The van der Waals surface area contributed by atoms with Crippen molar-refractivity contribution in [3.05, 3.63) is 47.0 Å². The van der Waals surface area contributed by atoms with E-state index in [0.29, 0.717) is 0 Å². The van der Waals surface area contributed by atoms with E-state index in [-0.39, 0.29) is 33.4 Å². The van der Waals surface area contributed by atoms with Crippen molar-refractivity contribution < 1.29 is 43.6 Å². The van der Waals surface area contributed by atoms with Crippen LogP contribution < -0.4 is 11.5 Å². The standard InChI is InChI=1S/C21H20ClFN6O8/c22-20-27-14(24)12-16(28-20)29(7-26-12)17-11(23)13(30)10(37-17)6-36-21(18(32)33,19(34)35)5-8-1-3-9(4-2-8)15(25)31/h1-4,7,10-11,13,17,30H,5-6H2,(H2,25,31)(H,32,33)(H,34,35)(H2,24,27,28)/t10-,11+,13-,17-/m1/s1. The van der Waals surface area contributed by atoms with Gasteiger partial charge in [0.05, 0.1) is 12.9 Å². The molecule has 1 fully saturated rings. The first-order valence-corrected chi connectivity index (χ1v) is 10.9. The van der Waals surface area contributed by atoms with Crippen LogP contribution in [-0.2, 0) is 25.5 Å². The summed E-state index contributed by atoms with van der Waals surface area (Å²) in [6.07, 6.45) is -6.37. The number of carboxylic acids is 2. The summed E-state index contributed by atoms with van der Waals surface area (Å²) in [5.41, 5.74) is 8.55. The second kappa shape index (κ2) is 9.85. The number of nitrogen functional groups attached to an aromatic ring is 1. The molecule has 1 aliphatic rings. The third kappa shape index (κ3) is 4.76. The van der Waals surface area contributed by atoms with Gasteiger partial charge in [0.1, 0.15) is 17.7 Å². The van der Waals surface area contributed by atoms with E-state index in [1.54, 1.807) is 0 Å². The van der Waals surface area contributed by atoms with Gasteiger partial charge in [-0.2, -0.15) is 9.97 Å². The topological polar surface area (TPSA) is 226 Å². The molecule has 1 aliphatic heterocycles.